The monoisotopic (exact) mass is 263 g/mol. The van der Waals surface area contributed by atoms with Crippen LogP contribution in [0.4, 0.5) is 0 Å². The highest BCUT2D eigenvalue weighted by Crippen LogP contribution is 2.14. The molecule has 0 aliphatic carbocycles. The Hall–Kier alpha value is -2.68. The number of aromatic nitrogens is 1. The van der Waals surface area contributed by atoms with Gasteiger partial charge in [0.25, 0.3) is 5.56 Å². The van der Waals surface area contributed by atoms with Gasteiger partial charge in [0.15, 0.2) is 5.78 Å². The first-order chi connectivity index (χ1) is 9.68. The van der Waals surface area contributed by atoms with E-state index in [2.05, 4.69) is 0 Å². The average molecular weight is 263 g/mol. The fraction of sp³-hybridized carbons (Fsp3) is 0.0588. The molecule has 98 valence electrons. The van der Waals surface area contributed by atoms with Crippen LogP contribution in [-0.2, 0) is 7.05 Å². The number of ketones is 1. The molecule has 0 fully saturated rings. The number of para-hydroxylation sites is 1. The lowest BCUT2D eigenvalue weighted by Gasteiger charge is -2.08. The predicted octanol–water partition coefficient (Wildman–Crippen LogP) is 2.77. The third-order valence-electron chi connectivity index (χ3n) is 3.41. The topological polar surface area (TPSA) is 39.1 Å². The van der Waals surface area contributed by atoms with Gasteiger partial charge < -0.3 is 4.57 Å². The fourth-order valence-electron chi connectivity index (χ4n) is 2.33. The van der Waals surface area contributed by atoms with Crippen LogP contribution < -0.4 is 5.56 Å². The summed E-state index contributed by atoms with van der Waals surface area (Å²) in [6.07, 6.45) is 0. The maximum atomic E-state index is 12.4. The SMILES string of the molecule is Cn1c(=O)c(C(=O)c2ccccc2)cc2ccccc21. The summed E-state index contributed by atoms with van der Waals surface area (Å²) < 4.78 is 1.52. The molecular weight excluding hydrogens is 250 g/mol. The van der Waals surface area contributed by atoms with Crippen molar-refractivity contribution in [3.63, 3.8) is 0 Å². The molecule has 3 rings (SSSR count). The zero-order valence-electron chi connectivity index (χ0n) is 11.0. The predicted molar refractivity (Wildman–Crippen MR) is 79.1 cm³/mol. The van der Waals surface area contributed by atoms with E-state index in [4.69, 9.17) is 0 Å². The number of fused-ring (bicyclic) bond motifs is 1. The Bertz CT molecular complexity index is 848. The average Bonchev–Trinajstić information content (AvgIpc) is 2.51. The van der Waals surface area contributed by atoms with E-state index in [1.165, 1.54) is 4.57 Å². The molecule has 3 nitrogen and oxygen atoms in total. The van der Waals surface area contributed by atoms with Crippen molar-refractivity contribution in [3.05, 3.63) is 82.1 Å². The summed E-state index contributed by atoms with van der Waals surface area (Å²) in [6.45, 7) is 0. The van der Waals surface area contributed by atoms with E-state index in [1.54, 1.807) is 37.4 Å². The minimum atomic E-state index is -0.266. The lowest BCUT2D eigenvalue weighted by atomic mass is 10.0. The van der Waals surface area contributed by atoms with E-state index in [9.17, 15) is 9.59 Å². The van der Waals surface area contributed by atoms with Gasteiger partial charge in [-0.05, 0) is 17.5 Å². The molecule has 0 radical (unpaired) electrons. The number of aryl methyl sites for hydroxylation is 1. The number of hydrogen-bond donors (Lipinski definition) is 0. The van der Waals surface area contributed by atoms with Crippen LogP contribution >= 0.6 is 0 Å². The zero-order chi connectivity index (χ0) is 14.1. The molecule has 3 heteroatoms. The van der Waals surface area contributed by atoms with Crippen molar-refractivity contribution in [1.29, 1.82) is 0 Å². The summed E-state index contributed by atoms with van der Waals surface area (Å²) in [5.41, 5.74) is 1.29. The van der Waals surface area contributed by atoms with Crippen LogP contribution in [0.3, 0.4) is 0 Å². The number of carbonyl (C=O) groups is 1. The van der Waals surface area contributed by atoms with Gasteiger partial charge in [-0.1, -0.05) is 48.5 Å². The number of benzene rings is 2. The van der Waals surface area contributed by atoms with Gasteiger partial charge in [0, 0.05) is 12.6 Å². The van der Waals surface area contributed by atoms with E-state index >= 15 is 0 Å². The van der Waals surface area contributed by atoms with Crippen molar-refractivity contribution in [1.82, 2.24) is 4.57 Å². The van der Waals surface area contributed by atoms with Crippen LogP contribution in [0.25, 0.3) is 10.9 Å². The van der Waals surface area contributed by atoms with Gasteiger partial charge in [-0.2, -0.15) is 0 Å². The summed E-state index contributed by atoms with van der Waals surface area (Å²) in [6, 6.07) is 18.1. The van der Waals surface area contributed by atoms with Gasteiger partial charge in [0.05, 0.1) is 11.1 Å². The number of nitrogens with zero attached hydrogens (tertiary/aromatic N) is 1. The molecule has 0 bridgehead atoms. The summed E-state index contributed by atoms with van der Waals surface area (Å²) in [5.74, 6) is -0.239. The third kappa shape index (κ3) is 1.93. The van der Waals surface area contributed by atoms with Crippen LogP contribution in [-0.4, -0.2) is 10.4 Å². The van der Waals surface area contributed by atoms with Gasteiger partial charge in [-0.15, -0.1) is 0 Å². The Morgan fingerprint density at radius 2 is 1.60 bits per heavy atom. The molecule has 20 heavy (non-hydrogen) atoms. The number of rotatable bonds is 2. The molecule has 2 aromatic carbocycles. The van der Waals surface area contributed by atoms with Gasteiger partial charge in [0.2, 0.25) is 0 Å². The van der Waals surface area contributed by atoms with Gasteiger partial charge in [-0.3, -0.25) is 9.59 Å². The van der Waals surface area contributed by atoms with E-state index in [1.807, 2.05) is 30.3 Å². The van der Waals surface area contributed by atoms with Crippen LogP contribution in [0.1, 0.15) is 15.9 Å². The Labute approximate surface area is 116 Å². The fourth-order valence-corrected chi connectivity index (χ4v) is 2.33. The molecule has 1 heterocycles. The molecule has 3 aromatic rings. The first-order valence-electron chi connectivity index (χ1n) is 6.37. The number of pyridine rings is 1. The zero-order valence-corrected chi connectivity index (χ0v) is 11.0. The van der Waals surface area contributed by atoms with Crippen molar-refractivity contribution in [2.45, 2.75) is 0 Å². The summed E-state index contributed by atoms with van der Waals surface area (Å²) >= 11 is 0. The summed E-state index contributed by atoms with van der Waals surface area (Å²) in [5, 5.41) is 0.883. The standard InChI is InChI=1S/C17H13NO2/c1-18-15-10-6-5-9-13(15)11-14(17(18)20)16(19)12-7-3-2-4-8-12/h2-11H,1H3. The van der Waals surface area contributed by atoms with Gasteiger partial charge in [0.1, 0.15) is 0 Å². The van der Waals surface area contributed by atoms with E-state index in [0.29, 0.717) is 5.56 Å². The molecule has 0 amide bonds. The molecule has 0 saturated carbocycles. The highest BCUT2D eigenvalue weighted by molar-refractivity contribution is 6.10. The second-order valence-electron chi connectivity index (χ2n) is 4.68. The molecular formula is C17H13NO2. The molecule has 0 unspecified atom stereocenters. The molecule has 1 aromatic heterocycles. The number of hydrogen-bond acceptors (Lipinski definition) is 2. The van der Waals surface area contributed by atoms with Gasteiger partial charge >= 0.3 is 0 Å². The minimum absolute atomic E-state index is 0.206. The summed E-state index contributed by atoms with van der Waals surface area (Å²) in [7, 11) is 1.69. The molecule has 0 atom stereocenters. The van der Waals surface area contributed by atoms with Crippen molar-refractivity contribution in [3.8, 4) is 0 Å². The third-order valence-corrected chi connectivity index (χ3v) is 3.41. The van der Waals surface area contributed by atoms with E-state index in [-0.39, 0.29) is 16.9 Å². The molecule has 0 aliphatic rings. The highest BCUT2D eigenvalue weighted by atomic mass is 16.1. The van der Waals surface area contributed by atoms with Crippen molar-refractivity contribution < 1.29 is 4.79 Å². The maximum absolute atomic E-state index is 12.4. The largest absolute Gasteiger partial charge is 0.311 e. The smallest absolute Gasteiger partial charge is 0.262 e. The normalized spacial score (nSPS) is 10.7. The molecule has 0 aliphatic heterocycles. The lowest BCUT2D eigenvalue weighted by molar-refractivity contribution is 0.103. The molecule has 0 N–H and O–H groups in total. The van der Waals surface area contributed by atoms with Crippen molar-refractivity contribution in [2.75, 3.05) is 0 Å². The van der Waals surface area contributed by atoms with E-state index in [0.717, 1.165) is 10.9 Å². The quantitative estimate of drug-likeness (QED) is 0.667. The van der Waals surface area contributed by atoms with Crippen LogP contribution in [0.15, 0.2) is 65.5 Å². The Kier molecular flexibility index (Phi) is 2.95. The van der Waals surface area contributed by atoms with Crippen LogP contribution in [0, 0.1) is 0 Å². The Balaban J connectivity index is 2.25. The second kappa shape index (κ2) is 4.78. The minimum Gasteiger partial charge on any atom is -0.311 e. The Morgan fingerprint density at radius 1 is 0.950 bits per heavy atom. The highest BCUT2D eigenvalue weighted by Gasteiger charge is 2.15. The lowest BCUT2D eigenvalue weighted by Crippen LogP contribution is -2.24. The Morgan fingerprint density at radius 3 is 2.35 bits per heavy atom. The van der Waals surface area contributed by atoms with Crippen molar-refractivity contribution in [2.24, 2.45) is 7.05 Å². The molecule has 0 spiro atoms. The first kappa shape index (κ1) is 12.4. The second-order valence-corrected chi connectivity index (χ2v) is 4.68. The van der Waals surface area contributed by atoms with Crippen LogP contribution in [0.5, 0.6) is 0 Å². The molecule has 0 saturated heterocycles. The number of carbonyl (C=O) groups excluding carboxylic acids is 1. The van der Waals surface area contributed by atoms with Crippen molar-refractivity contribution >= 4 is 16.7 Å². The first-order valence-corrected chi connectivity index (χ1v) is 6.37. The van der Waals surface area contributed by atoms with Gasteiger partial charge in [-0.25, -0.2) is 0 Å². The van der Waals surface area contributed by atoms with Crippen LogP contribution in [0.2, 0.25) is 0 Å². The van der Waals surface area contributed by atoms with E-state index < -0.39 is 0 Å². The maximum Gasteiger partial charge on any atom is 0.262 e. The summed E-state index contributed by atoms with van der Waals surface area (Å²) in [4.78, 5) is 24.8.